The van der Waals surface area contributed by atoms with E-state index in [-0.39, 0.29) is 0 Å². The van der Waals surface area contributed by atoms with Gasteiger partial charge in [0.15, 0.2) is 17.5 Å². The van der Waals surface area contributed by atoms with Gasteiger partial charge in [-0.05, 0) is 35.4 Å². The first-order chi connectivity index (χ1) is 12.2. The Morgan fingerprint density at radius 1 is 1.12 bits per heavy atom. The van der Waals surface area contributed by atoms with Crippen LogP contribution < -0.4 is 19.5 Å². The summed E-state index contributed by atoms with van der Waals surface area (Å²) >= 11 is 0. The second kappa shape index (κ2) is 7.79. The Kier molecular flexibility index (Phi) is 5.28. The summed E-state index contributed by atoms with van der Waals surface area (Å²) in [6.45, 7) is 1.71. The maximum atomic E-state index is 5.42. The molecule has 2 aromatic carbocycles. The van der Waals surface area contributed by atoms with Gasteiger partial charge < -0.3 is 24.4 Å². The standard InChI is InChI=1S/C19H23N3O3/c1-20-19(22(2)12-14-4-7-16(23-3)8-5-14)21-11-15-6-9-17-18(10-15)25-13-24-17/h4-10H,11-13H2,1-3H3,(H,20,21). The Labute approximate surface area is 148 Å². The molecular formula is C19H23N3O3. The molecule has 0 spiro atoms. The molecule has 132 valence electrons. The number of guanidine groups is 1. The van der Waals surface area contributed by atoms with E-state index >= 15 is 0 Å². The molecule has 0 aliphatic carbocycles. The molecule has 1 aliphatic rings. The summed E-state index contributed by atoms with van der Waals surface area (Å²) < 4.78 is 15.9. The molecule has 6 heteroatoms. The number of aliphatic imine (C=N–C) groups is 1. The van der Waals surface area contributed by atoms with Crippen LogP contribution >= 0.6 is 0 Å². The lowest BCUT2D eigenvalue weighted by molar-refractivity contribution is 0.174. The quantitative estimate of drug-likeness (QED) is 0.669. The topological polar surface area (TPSA) is 55.3 Å². The van der Waals surface area contributed by atoms with Crippen LogP contribution in [0.1, 0.15) is 11.1 Å². The zero-order valence-electron chi connectivity index (χ0n) is 14.8. The fourth-order valence-electron chi connectivity index (χ4n) is 2.70. The average Bonchev–Trinajstić information content (AvgIpc) is 3.10. The summed E-state index contributed by atoms with van der Waals surface area (Å²) in [6.07, 6.45) is 0. The van der Waals surface area contributed by atoms with E-state index in [0.717, 1.165) is 35.3 Å². The predicted octanol–water partition coefficient (Wildman–Crippen LogP) is 2.63. The normalized spacial score (nSPS) is 12.8. The molecule has 0 saturated carbocycles. The van der Waals surface area contributed by atoms with Gasteiger partial charge in [0.2, 0.25) is 6.79 Å². The summed E-state index contributed by atoms with van der Waals surface area (Å²) in [7, 11) is 5.47. The van der Waals surface area contributed by atoms with Crippen molar-refractivity contribution in [3.8, 4) is 17.2 Å². The van der Waals surface area contributed by atoms with Crippen LogP contribution in [-0.4, -0.2) is 38.9 Å². The Morgan fingerprint density at radius 3 is 2.56 bits per heavy atom. The lowest BCUT2D eigenvalue weighted by atomic mass is 10.2. The lowest BCUT2D eigenvalue weighted by Crippen LogP contribution is -2.38. The molecule has 1 aliphatic heterocycles. The summed E-state index contributed by atoms with van der Waals surface area (Å²) in [6, 6.07) is 14.0. The third kappa shape index (κ3) is 4.15. The molecule has 0 saturated heterocycles. The van der Waals surface area contributed by atoms with Crippen molar-refractivity contribution >= 4 is 5.96 Å². The van der Waals surface area contributed by atoms with Crippen LogP contribution in [0.3, 0.4) is 0 Å². The number of fused-ring (bicyclic) bond motifs is 1. The van der Waals surface area contributed by atoms with Crippen molar-refractivity contribution < 1.29 is 14.2 Å². The molecule has 3 rings (SSSR count). The van der Waals surface area contributed by atoms with E-state index < -0.39 is 0 Å². The number of nitrogens with one attached hydrogen (secondary N) is 1. The zero-order chi connectivity index (χ0) is 17.6. The second-order valence-electron chi connectivity index (χ2n) is 5.79. The highest BCUT2D eigenvalue weighted by Gasteiger charge is 2.13. The maximum Gasteiger partial charge on any atom is 0.231 e. The molecule has 1 heterocycles. The number of benzene rings is 2. The Bertz CT molecular complexity index is 744. The maximum absolute atomic E-state index is 5.42. The van der Waals surface area contributed by atoms with Crippen molar-refractivity contribution in [3.63, 3.8) is 0 Å². The van der Waals surface area contributed by atoms with E-state index in [1.165, 1.54) is 5.56 Å². The van der Waals surface area contributed by atoms with Crippen molar-refractivity contribution in [2.24, 2.45) is 4.99 Å². The zero-order valence-corrected chi connectivity index (χ0v) is 14.8. The van der Waals surface area contributed by atoms with Crippen molar-refractivity contribution in [1.29, 1.82) is 0 Å². The minimum Gasteiger partial charge on any atom is -0.497 e. The number of hydrogen-bond donors (Lipinski definition) is 1. The van der Waals surface area contributed by atoms with Crippen molar-refractivity contribution in [3.05, 3.63) is 53.6 Å². The smallest absolute Gasteiger partial charge is 0.231 e. The van der Waals surface area contributed by atoms with Crippen LogP contribution in [0.25, 0.3) is 0 Å². The fraction of sp³-hybridized carbons (Fsp3) is 0.316. The number of rotatable bonds is 5. The Morgan fingerprint density at radius 2 is 1.84 bits per heavy atom. The van der Waals surface area contributed by atoms with E-state index in [9.17, 15) is 0 Å². The van der Waals surface area contributed by atoms with Crippen LogP contribution in [0.15, 0.2) is 47.5 Å². The molecule has 0 bridgehead atoms. The third-order valence-corrected chi connectivity index (χ3v) is 4.04. The Balaban J connectivity index is 1.58. The highest BCUT2D eigenvalue weighted by atomic mass is 16.7. The third-order valence-electron chi connectivity index (χ3n) is 4.04. The summed E-state index contributed by atoms with van der Waals surface area (Å²) in [5, 5.41) is 3.37. The summed E-state index contributed by atoms with van der Waals surface area (Å²) in [4.78, 5) is 6.43. The van der Waals surface area contributed by atoms with Crippen molar-refractivity contribution in [2.45, 2.75) is 13.1 Å². The first-order valence-electron chi connectivity index (χ1n) is 8.13. The largest absolute Gasteiger partial charge is 0.497 e. The molecular weight excluding hydrogens is 318 g/mol. The van der Waals surface area contributed by atoms with Crippen LogP contribution in [0, 0.1) is 0 Å². The molecule has 0 aromatic heterocycles. The summed E-state index contributed by atoms with van der Waals surface area (Å²) in [5.74, 6) is 3.27. The SMILES string of the molecule is CN=C(NCc1ccc2c(c1)OCO2)N(C)Cc1ccc(OC)cc1. The number of methoxy groups -OCH3 is 1. The molecule has 25 heavy (non-hydrogen) atoms. The molecule has 0 fully saturated rings. The minimum atomic E-state index is 0.290. The van der Waals surface area contributed by atoms with Gasteiger partial charge in [-0.15, -0.1) is 0 Å². The minimum absolute atomic E-state index is 0.290. The van der Waals surface area contributed by atoms with E-state index in [1.807, 2.05) is 37.4 Å². The van der Waals surface area contributed by atoms with Gasteiger partial charge in [-0.25, -0.2) is 0 Å². The van der Waals surface area contributed by atoms with Crippen LogP contribution in [0.2, 0.25) is 0 Å². The van der Waals surface area contributed by atoms with Gasteiger partial charge in [0.05, 0.1) is 7.11 Å². The van der Waals surface area contributed by atoms with E-state index in [2.05, 4.69) is 27.3 Å². The number of nitrogens with zero attached hydrogens (tertiary/aromatic N) is 2. The van der Waals surface area contributed by atoms with Gasteiger partial charge in [0, 0.05) is 27.2 Å². The van der Waals surface area contributed by atoms with Crippen LogP contribution in [0.4, 0.5) is 0 Å². The predicted molar refractivity (Wildman–Crippen MR) is 97.2 cm³/mol. The lowest BCUT2D eigenvalue weighted by Gasteiger charge is -2.22. The molecule has 2 aromatic rings. The number of ether oxygens (including phenoxy) is 3. The first kappa shape index (κ1) is 17.0. The van der Waals surface area contributed by atoms with Gasteiger partial charge >= 0.3 is 0 Å². The van der Waals surface area contributed by atoms with Crippen LogP contribution in [0.5, 0.6) is 17.2 Å². The Hall–Kier alpha value is -2.89. The molecule has 0 radical (unpaired) electrons. The molecule has 0 amide bonds. The summed E-state index contributed by atoms with van der Waals surface area (Å²) in [5.41, 5.74) is 2.30. The second-order valence-corrected chi connectivity index (χ2v) is 5.79. The first-order valence-corrected chi connectivity index (χ1v) is 8.13. The van der Waals surface area contributed by atoms with Gasteiger partial charge in [0.25, 0.3) is 0 Å². The fourth-order valence-corrected chi connectivity index (χ4v) is 2.70. The van der Waals surface area contributed by atoms with Gasteiger partial charge in [-0.2, -0.15) is 0 Å². The molecule has 0 atom stereocenters. The van der Waals surface area contributed by atoms with Gasteiger partial charge in [0.1, 0.15) is 5.75 Å². The van der Waals surface area contributed by atoms with E-state index in [4.69, 9.17) is 14.2 Å². The molecule has 6 nitrogen and oxygen atoms in total. The van der Waals surface area contributed by atoms with Crippen molar-refractivity contribution in [2.75, 3.05) is 28.0 Å². The van der Waals surface area contributed by atoms with Crippen molar-refractivity contribution in [1.82, 2.24) is 10.2 Å². The van der Waals surface area contributed by atoms with Crippen LogP contribution in [-0.2, 0) is 13.1 Å². The van der Waals surface area contributed by atoms with Gasteiger partial charge in [-0.3, -0.25) is 4.99 Å². The monoisotopic (exact) mass is 341 g/mol. The van der Waals surface area contributed by atoms with E-state index in [0.29, 0.717) is 13.3 Å². The molecule has 1 N–H and O–H groups in total. The van der Waals surface area contributed by atoms with Gasteiger partial charge in [-0.1, -0.05) is 18.2 Å². The molecule has 0 unspecified atom stereocenters. The highest BCUT2D eigenvalue weighted by molar-refractivity contribution is 5.79. The average molecular weight is 341 g/mol. The number of hydrogen-bond acceptors (Lipinski definition) is 4. The van der Waals surface area contributed by atoms with E-state index in [1.54, 1.807) is 14.2 Å². The highest BCUT2D eigenvalue weighted by Crippen LogP contribution is 2.32.